The monoisotopic (exact) mass is 475 g/mol. The van der Waals surface area contributed by atoms with E-state index in [1.54, 1.807) is 17.7 Å². The largest absolute Gasteiger partial charge is 0.390 e. The number of nitrogens with one attached hydrogen (secondary N) is 1. The number of fused-ring (bicyclic) bond motifs is 3. The Balaban J connectivity index is 1.17. The van der Waals surface area contributed by atoms with Crippen molar-refractivity contribution in [2.75, 3.05) is 26.2 Å². The highest BCUT2D eigenvalue weighted by molar-refractivity contribution is 5.93. The molecule has 4 aliphatic rings. The fraction of sp³-hybridized carbons (Fsp3) is 0.600. The van der Waals surface area contributed by atoms with Crippen molar-refractivity contribution in [3.63, 3.8) is 0 Å². The lowest BCUT2D eigenvalue weighted by Crippen LogP contribution is -2.55. The summed E-state index contributed by atoms with van der Waals surface area (Å²) in [5.74, 6) is 1.65. The molecule has 2 bridgehead atoms. The smallest absolute Gasteiger partial charge is 0.252 e. The van der Waals surface area contributed by atoms with Crippen LogP contribution in [0.1, 0.15) is 85.0 Å². The average Bonchev–Trinajstić information content (AvgIpc) is 2.94. The summed E-state index contributed by atoms with van der Waals surface area (Å²) in [6.45, 7) is 4.51. The Morgan fingerprint density at radius 3 is 2.60 bits per heavy atom. The molecule has 0 radical (unpaired) electrons. The van der Waals surface area contributed by atoms with Crippen LogP contribution in [0.4, 0.5) is 0 Å². The van der Waals surface area contributed by atoms with Gasteiger partial charge in [-0.15, -0.1) is 0 Å². The van der Waals surface area contributed by atoms with Gasteiger partial charge in [0.15, 0.2) is 0 Å². The maximum absolute atomic E-state index is 12.3. The highest BCUT2D eigenvalue weighted by Gasteiger charge is 2.48. The van der Waals surface area contributed by atoms with Gasteiger partial charge in [0.2, 0.25) is 0 Å². The van der Waals surface area contributed by atoms with E-state index in [1.165, 1.54) is 76.3 Å². The summed E-state index contributed by atoms with van der Waals surface area (Å²) in [5.41, 5.74) is 4.56. The number of hydrogen-bond acceptors (Lipinski definition) is 4. The maximum atomic E-state index is 12.3. The van der Waals surface area contributed by atoms with Crippen LogP contribution in [0.15, 0.2) is 42.6 Å². The van der Waals surface area contributed by atoms with Crippen molar-refractivity contribution in [3.8, 4) is 0 Å². The van der Waals surface area contributed by atoms with E-state index in [1.807, 2.05) is 0 Å². The van der Waals surface area contributed by atoms with Gasteiger partial charge in [-0.05, 0) is 98.5 Å². The van der Waals surface area contributed by atoms with Crippen LogP contribution in [-0.2, 0) is 18.4 Å². The van der Waals surface area contributed by atoms with Crippen molar-refractivity contribution in [2.24, 2.45) is 11.8 Å². The molecule has 1 aromatic carbocycles. The molecule has 6 rings (SSSR count). The molecular formula is C30H41N3O2. The molecule has 35 heavy (non-hydrogen) atoms. The van der Waals surface area contributed by atoms with Crippen LogP contribution in [0.2, 0.25) is 0 Å². The van der Waals surface area contributed by atoms with E-state index in [0.717, 1.165) is 31.1 Å². The minimum atomic E-state index is -0.107. The fourth-order valence-electron chi connectivity index (χ4n) is 7.09. The number of unbranched alkanes of at least 4 members (excludes halogenated alkanes) is 1. The van der Waals surface area contributed by atoms with E-state index in [9.17, 15) is 4.79 Å². The molecule has 3 aliphatic heterocycles. The molecule has 1 atom stereocenters. The van der Waals surface area contributed by atoms with Crippen LogP contribution in [0.25, 0.3) is 0 Å². The molecule has 4 heterocycles. The van der Waals surface area contributed by atoms with Crippen molar-refractivity contribution in [1.29, 1.82) is 0 Å². The number of nitrogens with zero attached hydrogens (tertiary/aromatic N) is 2. The number of pyridine rings is 1. The summed E-state index contributed by atoms with van der Waals surface area (Å²) >= 11 is 0. The van der Waals surface area contributed by atoms with Gasteiger partial charge in [-0.2, -0.15) is 0 Å². The molecular weight excluding hydrogens is 434 g/mol. The lowest BCUT2D eigenvalue weighted by Gasteiger charge is -2.55. The number of carbonyl (C=O) groups excluding carboxylic acids is 1. The molecule has 5 nitrogen and oxygen atoms in total. The van der Waals surface area contributed by atoms with Gasteiger partial charge in [-0.1, -0.05) is 43.5 Å². The zero-order chi connectivity index (χ0) is 24.1. The van der Waals surface area contributed by atoms with Crippen molar-refractivity contribution >= 4 is 5.91 Å². The Labute approximate surface area is 210 Å². The number of rotatable bonds is 9. The lowest BCUT2D eigenvalue weighted by molar-refractivity contribution is -0.00813. The molecule has 2 aromatic rings. The normalized spacial score (nSPS) is 25.3. The number of piperidine rings is 3. The van der Waals surface area contributed by atoms with Crippen molar-refractivity contribution in [3.05, 3.63) is 65.0 Å². The summed E-state index contributed by atoms with van der Waals surface area (Å²) in [6, 6.07) is 13.0. The zero-order valence-corrected chi connectivity index (χ0v) is 21.1. The molecule has 2 N–H and O–H groups in total. The zero-order valence-electron chi connectivity index (χ0n) is 21.1. The first-order valence-corrected chi connectivity index (χ1v) is 13.8. The number of amides is 1. The van der Waals surface area contributed by atoms with Gasteiger partial charge in [0.25, 0.3) is 5.91 Å². The van der Waals surface area contributed by atoms with Crippen molar-refractivity contribution < 1.29 is 9.90 Å². The van der Waals surface area contributed by atoms with Gasteiger partial charge >= 0.3 is 0 Å². The number of aryl methyl sites for hydroxylation is 1. The van der Waals surface area contributed by atoms with Crippen molar-refractivity contribution in [1.82, 2.24) is 15.2 Å². The topological polar surface area (TPSA) is 65.5 Å². The van der Waals surface area contributed by atoms with Gasteiger partial charge < -0.3 is 15.3 Å². The van der Waals surface area contributed by atoms with E-state index < -0.39 is 0 Å². The third kappa shape index (κ3) is 5.46. The van der Waals surface area contributed by atoms with Gasteiger partial charge in [-0.25, -0.2) is 0 Å². The number of aromatic nitrogens is 1. The quantitative estimate of drug-likeness (QED) is 0.508. The number of benzene rings is 1. The second-order valence-corrected chi connectivity index (χ2v) is 11.1. The Hall–Kier alpha value is -2.24. The SMILES string of the molecule is O=C(NCCCCc1cccc(C2(C3CN4CCC3CC4)CCCCC2)c1)c1ccc(CO)nc1. The summed E-state index contributed by atoms with van der Waals surface area (Å²) in [4.78, 5) is 19.1. The minimum Gasteiger partial charge on any atom is -0.390 e. The molecule has 4 fully saturated rings. The van der Waals surface area contributed by atoms with Crippen molar-refractivity contribution in [2.45, 2.75) is 76.2 Å². The van der Waals surface area contributed by atoms with Crippen LogP contribution in [-0.4, -0.2) is 47.1 Å². The third-order valence-electron chi connectivity index (χ3n) is 9.04. The van der Waals surface area contributed by atoms with Gasteiger partial charge in [0.1, 0.15) is 0 Å². The standard InChI is InChI=1S/C30H41N3O2/c34-22-27-11-10-25(20-32-27)29(35)31-16-5-2-7-23-8-6-9-26(19-23)30(14-3-1-4-15-30)28-21-33-17-12-24(28)13-18-33/h6,8-11,19-20,24,28,34H,1-5,7,12-18,21-22H2,(H,31,35). The predicted octanol–water partition coefficient (Wildman–Crippen LogP) is 4.87. The molecule has 188 valence electrons. The summed E-state index contributed by atoms with van der Waals surface area (Å²) in [7, 11) is 0. The van der Waals surface area contributed by atoms with E-state index in [2.05, 4.69) is 39.5 Å². The summed E-state index contributed by atoms with van der Waals surface area (Å²) < 4.78 is 0. The maximum Gasteiger partial charge on any atom is 0.252 e. The molecule has 3 saturated heterocycles. The Morgan fingerprint density at radius 2 is 1.91 bits per heavy atom. The average molecular weight is 476 g/mol. The van der Waals surface area contributed by atoms with Crippen LogP contribution in [0, 0.1) is 11.8 Å². The van der Waals surface area contributed by atoms with Gasteiger partial charge in [0, 0.05) is 19.3 Å². The fourth-order valence-corrected chi connectivity index (χ4v) is 7.09. The Morgan fingerprint density at radius 1 is 1.09 bits per heavy atom. The highest BCUT2D eigenvalue weighted by atomic mass is 16.3. The van der Waals surface area contributed by atoms with Crippen LogP contribution >= 0.6 is 0 Å². The lowest BCUT2D eigenvalue weighted by atomic mass is 9.56. The number of hydrogen-bond donors (Lipinski definition) is 2. The molecule has 1 aromatic heterocycles. The highest BCUT2D eigenvalue weighted by Crippen LogP contribution is 2.52. The van der Waals surface area contributed by atoms with E-state index in [0.29, 0.717) is 23.2 Å². The Kier molecular flexibility index (Phi) is 7.84. The number of aliphatic hydroxyl groups excluding tert-OH is 1. The second kappa shape index (κ2) is 11.2. The van der Waals surface area contributed by atoms with E-state index in [-0.39, 0.29) is 12.5 Å². The minimum absolute atomic E-state index is 0.0965. The predicted molar refractivity (Wildman–Crippen MR) is 139 cm³/mol. The molecule has 1 amide bonds. The number of carbonyl (C=O) groups is 1. The second-order valence-electron chi connectivity index (χ2n) is 11.1. The molecule has 5 heteroatoms. The van der Waals surface area contributed by atoms with Crippen LogP contribution < -0.4 is 5.32 Å². The first kappa shape index (κ1) is 24.5. The molecule has 1 aliphatic carbocycles. The first-order chi connectivity index (χ1) is 17.2. The summed E-state index contributed by atoms with van der Waals surface area (Å²) in [6.07, 6.45) is 14.3. The van der Waals surface area contributed by atoms with Gasteiger partial charge in [0.05, 0.1) is 17.9 Å². The van der Waals surface area contributed by atoms with E-state index >= 15 is 0 Å². The van der Waals surface area contributed by atoms with Crippen LogP contribution in [0.5, 0.6) is 0 Å². The first-order valence-electron chi connectivity index (χ1n) is 13.8. The van der Waals surface area contributed by atoms with E-state index in [4.69, 9.17) is 5.11 Å². The molecule has 0 spiro atoms. The summed E-state index contributed by atoms with van der Waals surface area (Å²) in [5, 5.41) is 12.1. The third-order valence-corrected chi connectivity index (χ3v) is 9.04. The molecule has 1 saturated carbocycles. The van der Waals surface area contributed by atoms with Gasteiger partial charge in [-0.3, -0.25) is 9.78 Å². The number of aliphatic hydroxyl groups is 1. The molecule has 1 unspecified atom stereocenters. The van der Waals surface area contributed by atoms with Crippen LogP contribution in [0.3, 0.4) is 0 Å². The Bertz CT molecular complexity index is 975.